The number of amides is 1. The molecule has 1 unspecified atom stereocenters. The molecular weight excluding hydrogens is 354 g/mol. The van der Waals surface area contributed by atoms with E-state index < -0.39 is 10.0 Å². The first-order valence-electron chi connectivity index (χ1n) is 9.11. The maximum Gasteiger partial charge on any atom is 0.253 e. The van der Waals surface area contributed by atoms with E-state index in [9.17, 15) is 13.2 Å². The minimum atomic E-state index is -3.59. The molecule has 1 atom stereocenters. The van der Waals surface area contributed by atoms with Gasteiger partial charge in [0.15, 0.2) is 0 Å². The number of sulfonamides is 1. The number of methoxy groups -OCH3 is 1. The quantitative estimate of drug-likeness (QED) is 0.815. The SMILES string of the molecule is COCC1CCN(S(=O)(=O)c2cccc(C(=O)N3CCCNCC3)c2)C1. The van der Waals surface area contributed by atoms with Crippen LogP contribution in [0.25, 0.3) is 0 Å². The highest BCUT2D eigenvalue weighted by Gasteiger charge is 2.33. The molecule has 2 fully saturated rings. The van der Waals surface area contributed by atoms with Crippen LogP contribution in [0.2, 0.25) is 0 Å². The van der Waals surface area contributed by atoms with Crippen molar-refractivity contribution in [2.45, 2.75) is 17.7 Å². The summed E-state index contributed by atoms with van der Waals surface area (Å²) >= 11 is 0. The summed E-state index contributed by atoms with van der Waals surface area (Å²) in [6.45, 7) is 4.51. The molecule has 1 aromatic rings. The lowest BCUT2D eigenvalue weighted by atomic mass is 10.1. The molecular formula is C18H27N3O4S. The van der Waals surface area contributed by atoms with E-state index in [1.54, 1.807) is 30.2 Å². The van der Waals surface area contributed by atoms with E-state index in [0.29, 0.717) is 38.3 Å². The molecule has 0 radical (unpaired) electrons. The van der Waals surface area contributed by atoms with Gasteiger partial charge in [0.25, 0.3) is 5.91 Å². The van der Waals surface area contributed by atoms with Crippen molar-refractivity contribution in [3.63, 3.8) is 0 Å². The molecule has 1 N–H and O–H groups in total. The van der Waals surface area contributed by atoms with E-state index in [1.165, 1.54) is 10.4 Å². The first-order chi connectivity index (χ1) is 12.5. The number of carbonyl (C=O) groups is 1. The molecule has 3 rings (SSSR count). The van der Waals surface area contributed by atoms with Crippen LogP contribution in [0.3, 0.4) is 0 Å². The van der Waals surface area contributed by atoms with Crippen LogP contribution in [0.4, 0.5) is 0 Å². The van der Waals surface area contributed by atoms with Crippen molar-refractivity contribution < 1.29 is 17.9 Å². The molecule has 8 heteroatoms. The predicted molar refractivity (Wildman–Crippen MR) is 98.6 cm³/mol. The highest BCUT2D eigenvalue weighted by molar-refractivity contribution is 7.89. The fourth-order valence-corrected chi connectivity index (χ4v) is 5.13. The minimum absolute atomic E-state index is 0.107. The zero-order valence-corrected chi connectivity index (χ0v) is 16.0. The number of hydrogen-bond acceptors (Lipinski definition) is 5. The second-order valence-corrected chi connectivity index (χ2v) is 8.83. The number of carbonyl (C=O) groups excluding carboxylic acids is 1. The van der Waals surface area contributed by atoms with E-state index in [4.69, 9.17) is 4.74 Å². The van der Waals surface area contributed by atoms with Crippen molar-refractivity contribution in [1.29, 1.82) is 0 Å². The third-order valence-electron chi connectivity index (χ3n) is 5.00. The molecule has 26 heavy (non-hydrogen) atoms. The molecule has 7 nitrogen and oxygen atoms in total. The van der Waals surface area contributed by atoms with E-state index in [0.717, 1.165) is 25.9 Å². The normalized spacial score (nSPS) is 22.3. The Morgan fingerprint density at radius 2 is 2.12 bits per heavy atom. The van der Waals surface area contributed by atoms with Crippen LogP contribution in [0.15, 0.2) is 29.2 Å². The smallest absolute Gasteiger partial charge is 0.253 e. The van der Waals surface area contributed by atoms with Crippen LogP contribution in [0, 0.1) is 5.92 Å². The van der Waals surface area contributed by atoms with Crippen molar-refractivity contribution >= 4 is 15.9 Å². The monoisotopic (exact) mass is 381 g/mol. The maximum atomic E-state index is 12.9. The third kappa shape index (κ3) is 4.25. The molecule has 0 aliphatic carbocycles. The summed E-state index contributed by atoms with van der Waals surface area (Å²) in [5, 5.41) is 3.26. The second kappa shape index (κ2) is 8.47. The average Bonchev–Trinajstić information content (AvgIpc) is 2.96. The molecule has 2 aliphatic rings. The fourth-order valence-electron chi connectivity index (χ4n) is 3.56. The van der Waals surface area contributed by atoms with Gasteiger partial charge < -0.3 is 15.0 Å². The topological polar surface area (TPSA) is 79.0 Å². The Labute approximate surface area is 155 Å². The lowest BCUT2D eigenvalue weighted by Gasteiger charge is -2.21. The van der Waals surface area contributed by atoms with Crippen LogP contribution in [0.1, 0.15) is 23.2 Å². The van der Waals surface area contributed by atoms with Gasteiger partial charge >= 0.3 is 0 Å². The van der Waals surface area contributed by atoms with Crippen LogP contribution in [-0.2, 0) is 14.8 Å². The highest BCUT2D eigenvalue weighted by atomic mass is 32.2. The Morgan fingerprint density at radius 3 is 2.92 bits per heavy atom. The summed E-state index contributed by atoms with van der Waals surface area (Å²) in [6.07, 6.45) is 1.70. The van der Waals surface area contributed by atoms with Gasteiger partial charge in [0.2, 0.25) is 10.0 Å². The van der Waals surface area contributed by atoms with Crippen molar-refractivity contribution in [2.24, 2.45) is 5.92 Å². The number of nitrogens with zero attached hydrogens (tertiary/aromatic N) is 2. The van der Waals surface area contributed by atoms with Gasteiger partial charge in [-0.05, 0) is 43.5 Å². The minimum Gasteiger partial charge on any atom is -0.384 e. The largest absolute Gasteiger partial charge is 0.384 e. The van der Waals surface area contributed by atoms with Crippen LogP contribution in [0.5, 0.6) is 0 Å². The van der Waals surface area contributed by atoms with Crippen molar-refractivity contribution in [1.82, 2.24) is 14.5 Å². The average molecular weight is 381 g/mol. The highest BCUT2D eigenvalue weighted by Crippen LogP contribution is 2.25. The van der Waals surface area contributed by atoms with Gasteiger partial charge in [0.05, 0.1) is 11.5 Å². The first-order valence-corrected chi connectivity index (χ1v) is 10.6. The van der Waals surface area contributed by atoms with Crippen molar-refractivity contribution in [3.8, 4) is 0 Å². The molecule has 1 aromatic carbocycles. The third-order valence-corrected chi connectivity index (χ3v) is 6.86. The number of benzene rings is 1. The molecule has 1 amide bonds. The van der Waals surface area contributed by atoms with Crippen molar-refractivity contribution in [2.75, 3.05) is 53.0 Å². The predicted octanol–water partition coefficient (Wildman–Crippen LogP) is 0.779. The lowest BCUT2D eigenvalue weighted by molar-refractivity contribution is 0.0766. The Morgan fingerprint density at radius 1 is 1.27 bits per heavy atom. The van der Waals surface area contributed by atoms with Gasteiger partial charge in [-0.15, -0.1) is 0 Å². The number of hydrogen-bond donors (Lipinski definition) is 1. The summed E-state index contributed by atoms with van der Waals surface area (Å²) in [5.74, 6) is 0.119. The van der Waals surface area contributed by atoms with Crippen LogP contribution in [-0.4, -0.2) is 76.5 Å². The van der Waals surface area contributed by atoms with Crippen LogP contribution >= 0.6 is 0 Å². The van der Waals surface area contributed by atoms with Gasteiger partial charge in [-0.2, -0.15) is 4.31 Å². The summed E-state index contributed by atoms with van der Waals surface area (Å²) in [7, 11) is -1.96. The zero-order valence-electron chi connectivity index (χ0n) is 15.2. The van der Waals surface area contributed by atoms with E-state index >= 15 is 0 Å². The van der Waals surface area contributed by atoms with Crippen LogP contribution < -0.4 is 5.32 Å². The summed E-state index contributed by atoms with van der Waals surface area (Å²) in [6, 6.07) is 6.43. The molecule has 2 saturated heterocycles. The van der Waals surface area contributed by atoms with Crippen molar-refractivity contribution in [3.05, 3.63) is 29.8 Å². The standard InChI is InChI=1S/C18H27N3O4S/c1-25-14-15-6-10-21(13-15)26(23,24)17-5-2-4-16(12-17)18(22)20-9-3-7-19-8-11-20/h2,4-5,12,15,19H,3,6-11,13-14H2,1H3. The van der Waals surface area contributed by atoms with Gasteiger partial charge in [-0.1, -0.05) is 6.07 Å². The summed E-state index contributed by atoms with van der Waals surface area (Å²) < 4.78 is 32.5. The van der Waals surface area contributed by atoms with Gasteiger partial charge in [0.1, 0.15) is 0 Å². The zero-order chi connectivity index (χ0) is 18.6. The molecule has 0 spiro atoms. The summed E-state index contributed by atoms with van der Waals surface area (Å²) in [4.78, 5) is 14.7. The molecule has 2 heterocycles. The Hall–Kier alpha value is -1.48. The fraction of sp³-hybridized carbons (Fsp3) is 0.611. The van der Waals surface area contributed by atoms with Gasteiger partial charge in [-0.25, -0.2) is 8.42 Å². The first kappa shape index (κ1) is 19.3. The van der Waals surface area contributed by atoms with E-state index in [-0.39, 0.29) is 16.7 Å². The lowest BCUT2D eigenvalue weighted by Crippen LogP contribution is -2.34. The van der Waals surface area contributed by atoms with E-state index in [1.807, 2.05) is 0 Å². The number of nitrogens with one attached hydrogen (secondary N) is 1. The number of ether oxygens (including phenoxy) is 1. The second-order valence-electron chi connectivity index (χ2n) is 6.90. The Bertz CT molecular complexity index is 730. The molecule has 0 bridgehead atoms. The molecule has 0 aromatic heterocycles. The van der Waals surface area contributed by atoms with Gasteiger partial charge in [0, 0.05) is 45.4 Å². The molecule has 0 saturated carbocycles. The van der Waals surface area contributed by atoms with E-state index in [2.05, 4.69) is 5.32 Å². The molecule has 2 aliphatic heterocycles. The summed E-state index contributed by atoms with van der Waals surface area (Å²) in [5.41, 5.74) is 0.431. The van der Waals surface area contributed by atoms with Gasteiger partial charge in [-0.3, -0.25) is 4.79 Å². The Balaban J connectivity index is 1.77. The molecule has 144 valence electrons. The Kier molecular flexibility index (Phi) is 6.29. The maximum absolute atomic E-state index is 12.9. The number of rotatable bonds is 5.